The number of halogens is 1. The number of piperidine rings is 1. The maximum absolute atomic E-state index is 13.9. The number of benzene rings is 1. The number of aliphatic hydroxyl groups excluding tert-OH is 1. The molecule has 0 bridgehead atoms. The van der Waals surface area contributed by atoms with Crippen LogP contribution < -0.4 is 4.90 Å². The monoisotopic (exact) mass is 410 g/mol. The van der Waals surface area contributed by atoms with Gasteiger partial charge in [-0.15, -0.1) is 0 Å². The predicted molar refractivity (Wildman–Crippen MR) is 110 cm³/mol. The summed E-state index contributed by atoms with van der Waals surface area (Å²) in [5, 5.41) is 25.5. The van der Waals surface area contributed by atoms with Gasteiger partial charge in [0.25, 0.3) is 0 Å². The van der Waals surface area contributed by atoms with Gasteiger partial charge in [-0.25, -0.2) is 18.9 Å². The van der Waals surface area contributed by atoms with Crippen LogP contribution in [0.4, 0.5) is 10.1 Å². The molecule has 3 aromatic rings. The van der Waals surface area contributed by atoms with E-state index in [4.69, 9.17) is 5.10 Å². The van der Waals surface area contributed by atoms with Crippen LogP contribution in [0.2, 0.25) is 0 Å². The molecule has 3 heterocycles. The molecule has 8 heteroatoms. The van der Waals surface area contributed by atoms with E-state index < -0.39 is 18.2 Å². The zero-order valence-corrected chi connectivity index (χ0v) is 16.4. The van der Waals surface area contributed by atoms with E-state index in [2.05, 4.69) is 4.98 Å². The molecule has 0 spiro atoms. The number of carbonyl (C=O) groups is 1. The molecule has 1 aliphatic carbocycles. The Kier molecular flexibility index (Phi) is 4.66. The lowest BCUT2D eigenvalue weighted by molar-refractivity contribution is 0.0645. The van der Waals surface area contributed by atoms with Crippen molar-refractivity contribution < 1.29 is 19.4 Å². The van der Waals surface area contributed by atoms with Crippen LogP contribution in [0, 0.1) is 0 Å². The first-order chi connectivity index (χ1) is 14.5. The van der Waals surface area contributed by atoms with Crippen LogP contribution in [0.15, 0.2) is 36.4 Å². The molecule has 2 aromatic heterocycles. The molecule has 1 saturated heterocycles. The highest BCUT2D eigenvalue weighted by Crippen LogP contribution is 2.43. The first-order valence-corrected chi connectivity index (χ1v) is 10.3. The standard InChI is InChI=1S/C22H23FN4O3/c23-15-9-10-26(12-18(15)28)17-11-16(22(29)30)24-21-19(17)20(13-5-4-6-13)25-27(21)14-7-2-1-3-8-14/h1-3,7-8,11,13,15,18,28H,4-6,9-10,12H2,(H,29,30)/t15-,18+/m0/s1. The lowest BCUT2D eigenvalue weighted by atomic mass is 9.82. The third-order valence-corrected chi connectivity index (χ3v) is 6.20. The number of hydrogen-bond donors (Lipinski definition) is 2. The highest BCUT2D eigenvalue weighted by atomic mass is 19.1. The Hall–Kier alpha value is -3.00. The van der Waals surface area contributed by atoms with E-state index in [9.17, 15) is 19.4 Å². The molecule has 2 N–H and O–H groups in total. The third-order valence-electron chi connectivity index (χ3n) is 6.20. The van der Waals surface area contributed by atoms with E-state index in [-0.39, 0.29) is 24.6 Å². The molecule has 2 atom stereocenters. The van der Waals surface area contributed by atoms with Crippen molar-refractivity contribution in [2.24, 2.45) is 0 Å². The molecule has 156 valence electrons. The number of β-amino-alcohol motifs (C(OH)–C–C–N with tert-alkyl or cyclic N) is 1. The Morgan fingerprint density at radius 3 is 2.57 bits per heavy atom. The van der Waals surface area contributed by atoms with Gasteiger partial charge in [0, 0.05) is 19.0 Å². The molecular weight excluding hydrogens is 387 g/mol. The van der Waals surface area contributed by atoms with Gasteiger partial charge in [0.2, 0.25) is 0 Å². The minimum Gasteiger partial charge on any atom is -0.477 e. The number of carboxylic acid groups (broad SMARTS) is 1. The van der Waals surface area contributed by atoms with Crippen molar-refractivity contribution in [2.75, 3.05) is 18.0 Å². The number of anilines is 1. The number of pyridine rings is 1. The van der Waals surface area contributed by atoms with Gasteiger partial charge in [-0.2, -0.15) is 5.10 Å². The average Bonchev–Trinajstić information content (AvgIpc) is 3.08. The van der Waals surface area contributed by atoms with E-state index in [0.29, 0.717) is 17.9 Å². The van der Waals surface area contributed by atoms with Crippen LogP contribution in [-0.2, 0) is 0 Å². The summed E-state index contributed by atoms with van der Waals surface area (Å²) in [4.78, 5) is 18.1. The Morgan fingerprint density at radius 2 is 1.93 bits per heavy atom. The van der Waals surface area contributed by atoms with E-state index in [1.165, 1.54) is 6.07 Å². The number of para-hydroxylation sites is 1. The van der Waals surface area contributed by atoms with Crippen molar-refractivity contribution in [3.8, 4) is 5.69 Å². The smallest absolute Gasteiger partial charge is 0.354 e. The van der Waals surface area contributed by atoms with E-state index in [1.54, 1.807) is 4.68 Å². The SMILES string of the molecule is O=C(O)c1cc(N2CC[C@H](F)[C@H](O)C2)c2c(C3CCC3)nn(-c3ccccc3)c2n1. The second-order valence-corrected chi connectivity index (χ2v) is 8.11. The Bertz CT molecular complexity index is 1100. The second-order valence-electron chi connectivity index (χ2n) is 8.11. The van der Waals surface area contributed by atoms with Crippen molar-refractivity contribution in [3.05, 3.63) is 47.8 Å². The Morgan fingerprint density at radius 1 is 1.17 bits per heavy atom. The second kappa shape index (κ2) is 7.36. The average molecular weight is 410 g/mol. The van der Waals surface area contributed by atoms with Gasteiger partial charge in [-0.05, 0) is 37.5 Å². The van der Waals surface area contributed by atoms with Crippen LogP contribution in [-0.4, -0.2) is 56.3 Å². The fraction of sp³-hybridized carbons (Fsp3) is 0.409. The zero-order valence-electron chi connectivity index (χ0n) is 16.4. The van der Waals surface area contributed by atoms with Gasteiger partial charge in [0.05, 0.1) is 22.5 Å². The van der Waals surface area contributed by atoms with Crippen LogP contribution in [0.5, 0.6) is 0 Å². The number of aromatic nitrogens is 3. The molecule has 0 unspecified atom stereocenters. The highest BCUT2D eigenvalue weighted by Gasteiger charge is 2.33. The lowest BCUT2D eigenvalue weighted by Gasteiger charge is -2.35. The molecule has 30 heavy (non-hydrogen) atoms. The van der Waals surface area contributed by atoms with E-state index in [0.717, 1.165) is 36.0 Å². The maximum atomic E-state index is 13.9. The molecule has 1 saturated carbocycles. The number of nitrogens with zero attached hydrogens (tertiary/aromatic N) is 4. The largest absolute Gasteiger partial charge is 0.477 e. The number of aliphatic hydroxyl groups is 1. The van der Waals surface area contributed by atoms with Crippen LogP contribution in [0.25, 0.3) is 16.7 Å². The summed E-state index contributed by atoms with van der Waals surface area (Å²) in [7, 11) is 0. The number of aromatic carboxylic acids is 1. The number of carboxylic acids is 1. The Labute approximate surface area is 172 Å². The summed E-state index contributed by atoms with van der Waals surface area (Å²) < 4.78 is 15.6. The van der Waals surface area contributed by atoms with Gasteiger partial charge in [0.15, 0.2) is 11.3 Å². The summed E-state index contributed by atoms with van der Waals surface area (Å²) >= 11 is 0. The highest BCUT2D eigenvalue weighted by molar-refractivity contribution is 5.98. The van der Waals surface area contributed by atoms with Crippen LogP contribution >= 0.6 is 0 Å². The fourth-order valence-electron chi connectivity index (χ4n) is 4.32. The molecule has 1 aliphatic heterocycles. The number of rotatable bonds is 4. The molecular formula is C22H23FN4O3. The van der Waals surface area contributed by atoms with E-state index >= 15 is 0 Å². The lowest BCUT2D eigenvalue weighted by Crippen LogP contribution is -2.45. The zero-order chi connectivity index (χ0) is 20.8. The topological polar surface area (TPSA) is 91.5 Å². The summed E-state index contributed by atoms with van der Waals surface area (Å²) in [6, 6.07) is 11.1. The fourth-order valence-corrected chi connectivity index (χ4v) is 4.32. The minimum absolute atomic E-state index is 0.0911. The molecule has 2 aliphatic rings. The summed E-state index contributed by atoms with van der Waals surface area (Å²) in [5.41, 5.74) is 2.75. The molecule has 2 fully saturated rings. The predicted octanol–water partition coefficient (Wildman–Crippen LogP) is 3.30. The summed E-state index contributed by atoms with van der Waals surface area (Å²) in [6.07, 6.45) is 1.000. The summed E-state index contributed by atoms with van der Waals surface area (Å²) in [6.45, 7) is 0.511. The first-order valence-electron chi connectivity index (χ1n) is 10.3. The normalized spacial score (nSPS) is 22.3. The molecule has 7 nitrogen and oxygen atoms in total. The number of fused-ring (bicyclic) bond motifs is 1. The quantitative estimate of drug-likeness (QED) is 0.686. The van der Waals surface area contributed by atoms with Gasteiger partial charge in [0.1, 0.15) is 12.3 Å². The molecule has 1 aromatic carbocycles. The van der Waals surface area contributed by atoms with Crippen LogP contribution in [0.1, 0.15) is 47.8 Å². The van der Waals surface area contributed by atoms with Gasteiger partial charge in [-0.1, -0.05) is 24.6 Å². The van der Waals surface area contributed by atoms with Crippen LogP contribution in [0.3, 0.4) is 0 Å². The maximum Gasteiger partial charge on any atom is 0.354 e. The van der Waals surface area contributed by atoms with Gasteiger partial charge >= 0.3 is 5.97 Å². The van der Waals surface area contributed by atoms with Crippen molar-refractivity contribution in [2.45, 2.75) is 43.9 Å². The van der Waals surface area contributed by atoms with Crippen molar-refractivity contribution in [1.29, 1.82) is 0 Å². The molecule has 0 radical (unpaired) electrons. The first kappa shape index (κ1) is 19.0. The minimum atomic E-state index is -1.27. The van der Waals surface area contributed by atoms with Crippen molar-refractivity contribution in [1.82, 2.24) is 14.8 Å². The number of alkyl halides is 1. The van der Waals surface area contributed by atoms with Crippen molar-refractivity contribution >= 4 is 22.7 Å². The molecule has 5 rings (SSSR count). The van der Waals surface area contributed by atoms with Gasteiger partial charge in [-0.3, -0.25) is 0 Å². The number of hydrogen-bond acceptors (Lipinski definition) is 5. The molecule has 0 amide bonds. The van der Waals surface area contributed by atoms with Gasteiger partial charge < -0.3 is 15.1 Å². The van der Waals surface area contributed by atoms with Crippen molar-refractivity contribution in [3.63, 3.8) is 0 Å². The summed E-state index contributed by atoms with van der Waals surface area (Å²) in [5.74, 6) is -0.845. The third kappa shape index (κ3) is 3.11. The Balaban J connectivity index is 1.76. The van der Waals surface area contributed by atoms with E-state index in [1.807, 2.05) is 35.2 Å².